The molecule has 4 amide bonds. The van der Waals surface area contributed by atoms with E-state index in [2.05, 4.69) is 15.6 Å². The van der Waals surface area contributed by atoms with Crippen LogP contribution in [0.15, 0.2) is 12.1 Å². The number of benzene rings is 1. The number of nitrogens with one attached hydrogen (secondary N) is 2. The molecule has 7 nitrogen and oxygen atoms in total. The van der Waals surface area contributed by atoms with Crippen LogP contribution in [0, 0.1) is 19.8 Å². The van der Waals surface area contributed by atoms with E-state index in [0.29, 0.717) is 5.13 Å². The summed E-state index contributed by atoms with van der Waals surface area (Å²) in [5.74, 6) is -0.582. The molecule has 2 aromatic rings. The molecule has 2 N–H and O–H groups in total. The number of carbonyl (C=O) groups is 3. The molecule has 1 saturated carbocycles. The number of urea groups is 1. The number of nitrogens with zero attached hydrogens (tertiary/aromatic N) is 2. The van der Waals surface area contributed by atoms with Gasteiger partial charge in [-0.05, 0) is 50.7 Å². The van der Waals surface area contributed by atoms with E-state index in [1.165, 1.54) is 11.3 Å². The Morgan fingerprint density at radius 1 is 1.35 bits per heavy atom. The maximum Gasteiger partial charge on any atom is 0.325 e. The first kappa shape index (κ1) is 17.0. The molecule has 1 aromatic heterocycles. The molecule has 0 bridgehead atoms. The van der Waals surface area contributed by atoms with Gasteiger partial charge in [0.2, 0.25) is 5.91 Å². The molecule has 1 aliphatic carbocycles. The molecule has 0 radical (unpaired) electrons. The molecule has 1 aliphatic heterocycles. The van der Waals surface area contributed by atoms with Crippen molar-refractivity contribution >= 4 is 44.5 Å². The average Bonchev–Trinajstić information content (AvgIpc) is 3.32. The number of amides is 4. The summed E-state index contributed by atoms with van der Waals surface area (Å²) in [6.07, 6.45) is 1.85. The van der Waals surface area contributed by atoms with Crippen molar-refractivity contribution in [2.45, 2.75) is 39.2 Å². The number of imide groups is 1. The van der Waals surface area contributed by atoms with Gasteiger partial charge in [-0.15, -0.1) is 0 Å². The molecule has 1 saturated heterocycles. The van der Waals surface area contributed by atoms with Gasteiger partial charge >= 0.3 is 6.03 Å². The summed E-state index contributed by atoms with van der Waals surface area (Å²) in [4.78, 5) is 42.6. The quantitative estimate of drug-likeness (QED) is 0.807. The molecule has 2 fully saturated rings. The van der Waals surface area contributed by atoms with Crippen LogP contribution in [-0.4, -0.2) is 39.8 Å². The average molecular weight is 372 g/mol. The van der Waals surface area contributed by atoms with Crippen LogP contribution in [0.3, 0.4) is 0 Å². The number of hydrogen-bond donors (Lipinski definition) is 2. The predicted octanol–water partition coefficient (Wildman–Crippen LogP) is 2.57. The molecule has 136 valence electrons. The van der Waals surface area contributed by atoms with Gasteiger partial charge in [0.1, 0.15) is 12.1 Å². The molecule has 8 heteroatoms. The highest BCUT2D eigenvalue weighted by Crippen LogP contribution is 2.42. The van der Waals surface area contributed by atoms with Crippen molar-refractivity contribution in [3.63, 3.8) is 0 Å². The molecule has 1 aromatic carbocycles. The zero-order chi connectivity index (χ0) is 18.6. The van der Waals surface area contributed by atoms with E-state index >= 15 is 0 Å². The number of fused-ring (bicyclic) bond motifs is 1. The highest BCUT2D eigenvalue weighted by Gasteiger charge is 2.56. The Balaban J connectivity index is 1.49. The fourth-order valence-electron chi connectivity index (χ4n) is 3.41. The maximum atomic E-state index is 12.6. The van der Waals surface area contributed by atoms with Gasteiger partial charge in [-0.1, -0.05) is 23.5 Å². The number of anilines is 1. The highest BCUT2D eigenvalue weighted by molar-refractivity contribution is 7.22. The van der Waals surface area contributed by atoms with E-state index < -0.39 is 17.5 Å². The molecule has 1 unspecified atom stereocenters. The van der Waals surface area contributed by atoms with E-state index in [4.69, 9.17) is 0 Å². The first-order valence-electron chi connectivity index (χ1n) is 8.60. The largest absolute Gasteiger partial charge is 0.325 e. The smallest absolute Gasteiger partial charge is 0.323 e. The van der Waals surface area contributed by atoms with Gasteiger partial charge < -0.3 is 10.6 Å². The third-order valence-corrected chi connectivity index (χ3v) is 6.29. The minimum atomic E-state index is -0.874. The lowest BCUT2D eigenvalue weighted by atomic mass is 9.96. The standard InChI is InChI=1S/C18H20N4O3S/c1-9-4-5-10(2)14-13(9)20-16(26-14)19-12(23)8-22-15(24)18(3,11-6-7-11)21-17(22)25/h4-5,11H,6-8H2,1-3H3,(H,21,25)(H,19,20,23). The van der Waals surface area contributed by atoms with Crippen molar-refractivity contribution in [3.05, 3.63) is 23.3 Å². The van der Waals surface area contributed by atoms with E-state index in [0.717, 1.165) is 39.1 Å². The van der Waals surface area contributed by atoms with E-state index in [1.54, 1.807) is 6.92 Å². The van der Waals surface area contributed by atoms with Crippen LogP contribution in [0.5, 0.6) is 0 Å². The van der Waals surface area contributed by atoms with Crippen LogP contribution >= 0.6 is 11.3 Å². The third kappa shape index (κ3) is 2.65. The van der Waals surface area contributed by atoms with E-state index in [-0.39, 0.29) is 18.4 Å². The normalized spacial score (nSPS) is 22.8. The van der Waals surface area contributed by atoms with Crippen LogP contribution in [0.4, 0.5) is 9.93 Å². The number of hydrogen-bond acceptors (Lipinski definition) is 5. The SMILES string of the molecule is Cc1ccc(C)c2sc(NC(=O)CN3C(=O)NC(C)(C4CC4)C3=O)nc12. The number of carbonyl (C=O) groups excluding carboxylic acids is 3. The third-order valence-electron chi connectivity index (χ3n) is 5.19. The first-order chi connectivity index (χ1) is 12.3. The summed E-state index contributed by atoms with van der Waals surface area (Å²) in [7, 11) is 0. The lowest BCUT2D eigenvalue weighted by Crippen LogP contribution is -2.46. The Morgan fingerprint density at radius 3 is 2.69 bits per heavy atom. The topological polar surface area (TPSA) is 91.4 Å². The monoisotopic (exact) mass is 372 g/mol. The molecule has 2 aliphatic rings. The number of thiazole rings is 1. The first-order valence-corrected chi connectivity index (χ1v) is 9.42. The van der Waals surface area contributed by atoms with Crippen LogP contribution in [0.25, 0.3) is 10.2 Å². The van der Waals surface area contributed by atoms with Gasteiger partial charge in [-0.2, -0.15) is 0 Å². The molecular formula is C18H20N4O3S. The molecule has 4 rings (SSSR count). The molecule has 2 heterocycles. The molecule has 0 spiro atoms. The summed E-state index contributed by atoms with van der Waals surface area (Å²) in [5.41, 5.74) is 2.12. The number of rotatable bonds is 4. The Morgan fingerprint density at radius 2 is 2.04 bits per heavy atom. The van der Waals surface area contributed by atoms with Crippen LogP contribution in [-0.2, 0) is 9.59 Å². The summed E-state index contributed by atoms with van der Waals surface area (Å²) >= 11 is 1.39. The van der Waals surface area contributed by atoms with Crippen molar-refractivity contribution in [2.75, 3.05) is 11.9 Å². The van der Waals surface area contributed by atoms with E-state index in [9.17, 15) is 14.4 Å². The van der Waals surface area contributed by atoms with Gasteiger partial charge in [0.15, 0.2) is 5.13 Å². The Labute approximate surface area is 154 Å². The van der Waals surface area contributed by atoms with Gasteiger partial charge in [0.25, 0.3) is 5.91 Å². The lowest BCUT2D eigenvalue weighted by molar-refractivity contribution is -0.134. The van der Waals surface area contributed by atoms with Crippen molar-refractivity contribution < 1.29 is 14.4 Å². The Hall–Kier alpha value is -2.48. The van der Waals surface area contributed by atoms with Crippen LogP contribution in [0.1, 0.15) is 30.9 Å². The van der Waals surface area contributed by atoms with Gasteiger partial charge in [0, 0.05) is 0 Å². The van der Waals surface area contributed by atoms with Gasteiger partial charge in [-0.25, -0.2) is 9.78 Å². The summed E-state index contributed by atoms with van der Waals surface area (Å²) in [6.45, 7) is 5.40. The predicted molar refractivity (Wildman–Crippen MR) is 99.1 cm³/mol. The molecule has 1 atom stereocenters. The second kappa shape index (κ2) is 5.77. The van der Waals surface area contributed by atoms with Crippen molar-refractivity contribution in [2.24, 2.45) is 5.92 Å². The minimum Gasteiger partial charge on any atom is -0.323 e. The van der Waals surface area contributed by atoms with Crippen molar-refractivity contribution in [3.8, 4) is 0 Å². The fraction of sp³-hybridized carbons (Fsp3) is 0.444. The zero-order valence-corrected chi connectivity index (χ0v) is 15.7. The maximum absolute atomic E-state index is 12.6. The van der Waals surface area contributed by atoms with E-state index in [1.807, 2.05) is 26.0 Å². The summed E-state index contributed by atoms with van der Waals surface area (Å²) in [6, 6.07) is 3.51. The lowest BCUT2D eigenvalue weighted by Gasteiger charge is -2.20. The molecular weight excluding hydrogens is 352 g/mol. The van der Waals surface area contributed by atoms with Gasteiger partial charge in [0.05, 0.1) is 10.2 Å². The number of aromatic nitrogens is 1. The fourth-order valence-corrected chi connectivity index (χ4v) is 4.44. The Bertz CT molecular complexity index is 910. The summed E-state index contributed by atoms with van der Waals surface area (Å²) < 4.78 is 1.02. The highest BCUT2D eigenvalue weighted by atomic mass is 32.1. The van der Waals surface area contributed by atoms with Crippen molar-refractivity contribution in [1.82, 2.24) is 15.2 Å². The molecule has 26 heavy (non-hydrogen) atoms. The zero-order valence-electron chi connectivity index (χ0n) is 14.9. The van der Waals surface area contributed by atoms with Crippen LogP contribution in [0.2, 0.25) is 0 Å². The van der Waals surface area contributed by atoms with Crippen LogP contribution < -0.4 is 10.6 Å². The van der Waals surface area contributed by atoms with Crippen molar-refractivity contribution in [1.29, 1.82) is 0 Å². The number of aryl methyl sites for hydroxylation is 2. The van der Waals surface area contributed by atoms with Gasteiger partial charge in [-0.3, -0.25) is 14.5 Å². The summed E-state index contributed by atoms with van der Waals surface area (Å²) in [5, 5.41) is 5.93. The second-order valence-corrected chi connectivity index (χ2v) is 8.24. The Kier molecular flexibility index (Phi) is 3.76. The minimum absolute atomic E-state index is 0.169. The second-order valence-electron chi connectivity index (χ2n) is 7.24.